The molecule has 1 atom stereocenters. The van der Waals surface area contributed by atoms with Crippen LogP contribution in [0.5, 0.6) is 0 Å². The van der Waals surface area contributed by atoms with E-state index in [1.54, 1.807) is 13.4 Å². The number of aromatic nitrogens is 6. The first-order valence-corrected chi connectivity index (χ1v) is 6.15. The van der Waals surface area contributed by atoms with Crippen molar-refractivity contribution in [3.8, 4) is 5.95 Å². The van der Waals surface area contributed by atoms with Crippen LogP contribution in [0.25, 0.3) is 5.95 Å². The van der Waals surface area contributed by atoms with Crippen molar-refractivity contribution in [1.29, 1.82) is 0 Å². The van der Waals surface area contributed by atoms with Gasteiger partial charge in [0.2, 0.25) is 11.9 Å². The Morgan fingerprint density at radius 1 is 1.11 bits per heavy atom. The van der Waals surface area contributed by atoms with E-state index in [2.05, 4.69) is 56.4 Å². The molecule has 1 unspecified atom stereocenters. The Balaban J connectivity index is 2.31. The Bertz CT molecular complexity index is 521. The molecule has 19 heavy (non-hydrogen) atoms. The number of hydrogen-bond acceptors (Lipinski definition) is 7. The minimum Gasteiger partial charge on any atom is -0.357 e. The maximum Gasteiger partial charge on any atom is 0.258 e. The van der Waals surface area contributed by atoms with Crippen molar-refractivity contribution in [2.24, 2.45) is 5.92 Å². The topological polar surface area (TPSA) is 93.4 Å². The second-order valence-corrected chi connectivity index (χ2v) is 4.55. The third-order valence-corrected chi connectivity index (χ3v) is 2.83. The Kier molecular flexibility index (Phi) is 3.88. The highest BCUT2D eigenvalue weighted by atomic mass is 15.4. The third-order valence-electron chi connectivity index (χ3n) is 2.83. The zero-order valence-corrected chi connectivity index (χ0v) is 11.5. The van der Waals surface area contributed by atoms with E-state index >= 15 is 0 Å². The molecule has 0 aliphatic heterocycles. The maximum atomic E-state index is 4.33. The predicted octanol–water partition coefficient (Wildman–Crippen LogP) is 0.950. The second-order valence-electron chi connectivity index (χ2n) is 4.55. The van der Waals surface area contributed by atoms with Crippen LogP contribution >= 0.6 is 0 Å². The van der Waals surface area contributed by atoms with Crippen LogP contribution in [0.4, 0.5) is 11.9 Å². The summed E-state index contributed by atoms with van der Waals surface area (Å²) in [6.45, 7) is 6.36. The Hall–Kier alpha value is -2.25. The van der Waals surface area contributed by atoms with Gasteiger partial charge in [0.1, 0.15) is 12.7 Å². The van der Waals surface area contributed by atoms with Crippen molar-refractivity contribution in [2.75, 3.05) is 17.7 Å². The minimum absolute atomic E-state index is 0.260. The van der Waals surface area contributed by atoms with Crippen molar-refractivity contribution in [2.45, 2.75) is 26.8 Å². The van der Waals surface area contributed by atoms with Crippen LogP contribution in [0, 0.1) is 5.92 Å². The molecule has 8 heteroatoms. The van der Waals surface area contributed by atoms with Gasteiger partial charge in [0.25, 0.3) is 5.95 Å². The second kappa shape index (κ2) is 5.59. The maximum absolute atomic E-state index is 4.33. The zero-order valence-electron chi connectivity index (χ0n) is 11.5. The van der Waals surface area contributed by atoms with E-state index < -0.39 is 0 Å². The molecule has 0 aromatic carbocycles. The van der Waals surface area contributed by atoms with Gasteiger partial charge in [0.15, 0.2) is 0 Å². The van der Waals surface area contributed by atoms with Crippen LogP contribution in [0.3, 0.4) is 0 Å². The lowest BCUT2D eigenvalue weighted by Gasteiger charge is -2.17. The van der Waals surface area contributed by atoms with E-state index in [4.69, 9.17) is 0 Å². The molecule has 0 radical (unpaired) electrons. The normalized spacial score (nSPS) is 12.5. The molecular formula is C11H18N8. The molecule has 2 rings (SSSR count). The molecule has 2 aromatic heterocycles. The molecule has 0 aliphatic carbocycles. The molecule has 102 valence electrons. The SMILES string of the molecule is CNc1nc(NC(C)C(C)C)nc(-n2cncn2)n1. The van der Waals surface area contributed by atoms with E-state index in [0.29, 0.717) is 23.8 Å². The molecule has 0 amide bonds. The van der Waals surface area contributed by atoms with Crippen molar-refractivity contribution < 1.29 is 0 Å². The van der Waals surface area contributed by atoms with Crippen LogP contribution in [-0.2, 0) is 0 Å². The lowest BCUT2D eigenvalue weighted by atomic mass is 10.1. The van der Waals surface area contributed by atoms with E-state index in [1.807, 2.05) is 0 Å². The molecule has 8 nitrogen and oxygen atoms in total. The smallest absolute Gasteiger partial charge is 0.258 e. The molecule has 2 N–H and O–H groups in total. The molecule has 0 bridgehead atoms. The number of rotatable bonds is 5. The van der Waals surface area contributed by atoms with Gasteiger partial charge in [0, 0.05) is 13.1 Å². The van der Waals surface area contributed by atoms with Crippen LogP contribution in [0.2, 0.25) is 0 Å². The van der Waals surface area contributed by atoms with Gasteiger partial charge in [0.05, 0.1) is 0 Å². The third kappa shape index (κ3) is 3.15. The summed E-state index contributed by atoms with van der Waals surface area (Å²) in [6.07, 6.45) is 2.98. The largest absolute Gasteiger partial charge is 0.357 e. The highest BCUT2D eigenvalue weighted by Gasteiger charge is 2.12. The van der Waals surface area contributed by atoms with Gasteiger partial charge in [-0.3, -0.25) is 0 Å². The molecule has 0 aliphatic rings. The first kappa shape index (κ1) is 13.2. The van der Waals surface area contributed by atoms with Crippen molar-refractivity contribution >= 4 is 11.9 Å². The molecule has 2 aromatic rings. The lowest BCUT2D eigenvalue weighted by molar-refractivity contribution is 0.555. The molecule has 0 spiro atoms. The summed E-state index contributed by atoms with van der Waals surface area (Å²) < 4.78 is 1.49. The molecule has 0 saturated heterocycles. The van der Waals surface area contributed by atoms with E-state index in [0.717, 1.165) is 0 Å². The summed E-state index contributed by atoms with van der Waals surface area (Å²) in [5, 5.41) is 10.2. The van der Waals surface area contributed by atoms with Gasteiger partial charge in [-0.1, -0.05) is 13.8 Å². The number of anilines is 2. The average molecular weight is 262 g/mol. The molecule has 0 saturated carbocycles. The highest BCUT2D eigenvalue weighted by molar-refractivity contribution is 5.37. The Morgan fingerprint density at radius 3 is 2.42 bits per heavy atom. The quantitative estimate of drug-likeness (QED) is 0.828. The summed E-state index contributed by atoms with van der Waals surface area (Å²) in [5.41, 5.74) is 0. The van der Waals surface area contributed by atoms with Crippen LogP contribution in [0.1, 0.15) is 20.8 Å². The fourth-order valence-electron chi connectivity index (χ4n) is 1.33. The standard InChI is InChI=1S/C11H18N8/c1-7(2)8(3)15-10-16-9(12-4)17-11(18-10)19-6-13-5-14-19/h5-8H,1-4H3,(H2,12,15,16,17,18). The summed E-state index contributed by atoms with van der Waals surface area (Å²) in [6, 6.07) is 0.260. The molecular weight excluding hydrogens is 244 g/mol. The van der Waals surface area contributed by atoms with E-state index in [9.17, 15) is 0 Å². The van der Waals surface area contributed by atoms with Crippen LogP contribution < -0.4 is 10.6 Å². The predicted molar refractivity (Wildman–Crippen MR) is 72.2 cm³/mol. The Labute approximate surface area is 111 Å². The number of nitrogens with zero attached hydrogens (tertiary/aromatic N) is 6. The number of nitrogens with one attached hydrogen (secondary N) is 2. The average Bonchev–Trinajstić information content (AvgIpc) is 2.92. The lowest BCUT2D eigenvalue weighted by Crippen LogP contribution is -2.24. The molecule has 0 fully saturated rings. The minimum atomic E-state index is 0.260. The Morgan fingerprint density at radius 2 is 1.84 bits per heavy atom. The van der Waals surface area contributed by atoms with Crippen molar-refractivity contribution in [1.82, 2.24) is 29.7 Å². The fourth-order valence-corrected chi connectivity index (χ4v) is 1.33. The van der Waals surface area contributed by atoms with Gasteiger partial charge < -0.3 is 10.6 Å². The highest BCUT2D eigenvalue weighted by Crippen LogP contribution is 2.11. The van der Waals surface area contributed by atoms with Crippen LogP contribution in [0.15, 0.2) is 12.7 Å². The summed E-state index contributed by atoms with van der Waals surface area (Å²) in [5.74, 6) is 1.91. The van der Waals surface area contributed by atoms with Gasteiger partial charge in [-0.15, -0.1) is 0 Å². The van der Waals surface area contributed by atoms with Crippen LogP contribution in [-0.4, -0.2) is 42.8 Å². The summed E-state index contributed by atoms with van der Waals surface area (Å²) in [4.78, 5) is 16.7. The van der Waals surface area contributed by atoms with Gasteiger partial charge in [-0.2, -0.15) is 24.7 Å². The van der Waals surface area contributed by atoms with Gasteiger partial charge in [-0.05, 0) is 12.8 Å². The van der Waals surface area contributed by atoms with Gasteiger partial charge in [-0.25, -0.2) is 4.98 Å². The monoisotopic (exact) mass is 262 g/mol. The van der Waals surface area contributed by atoms with Crippen molar-refractivity contribution in [3.05, 3.63) is 12.7 Å². The van der Waals surface area contributed by atoms with Gasteiger partial charge >= 0.3 is 0 Å². The summed E-state index contributed by atoms with van der Waals surface area (Å²) >= 11 is 0. The molecule has 2 heterocycles. The van der Waals surface area contributed by atoms with Crippen molar-refractivity contribution in [3.63, 3.8) is 0 Å². The summed E-state index contributed by atoms with van der Waals surface area (Å²) in [7, 11) is 1.76. The first-order chi connectivity index (χ1) is 9.10. The zero-order chi connectivity index (χ0) is 13.8. The number of hydrogen-bond donors (Lipinski definition) is 2. The first-order valence-electron chi connectivity index (χ1n) is 6.15. The fraction of sp³-hybridized carbons (Fsp3) is 0.545. The van der Waals surface area contributed by atoms with E-state index in [1.165, 1.54) is 11.0 Å². The van der Waals surface area contributed by atoms with E-state index in [-0.39, 0.29) is 6.04 Å².